The van der Waals surface area contributed by atoms with Gasteiger partial charge in [0, 0.05) is 25.1 Å². The van der Waals surface area contributed by atoms with Crippen LogP contribution >= 0.6 is 0 Å². The van der Waals surface area contributed by atoms with Gasteiger partial charge in [0.05, 0.1) is 18.7 Å². The minimum absolute atomic E-state index is 0.219. The van der Waals surface area contributed by atoms with Gasteiger partial charge in [0.2, 0.25) is 11.8 Å². The normalized spacial score (nSPS) is 17.2. The molecule has 0 aliphatic carbocycles. The van der Waals surface area contributed by atoms with Gasteiger partial charge in [-0.15, -0.1) is 0 Å². The number of rotatable bonds is 9. The smallest absolute Gasteiger partial charge is 0.227 e. The molecular formula is C32H34N2O3. The van der Waals surface area contributed by atoms with E-state index in [-0.39, 0.29) is 5.91 Å². The van der Waals surface area contributed by atoms with E-state index in [1.807, 2.05) is 78.6 Å². The molecule has 1 amide bonds. The molecule has 1 aliphatic heterocycles. The van der Waals surface area contributed by atoms with Crippen LogP contribution in [0.1, 0.15) is 29.5 Å². The van der Waals surface area contributed by atoms with Crippen LogP contribution in [0.15, 0.2) is 89.3 Å². The van der Waals surface area contributed by atoms with Gasteiger partial charge in [-0.3, -0.25) is 4.79 Å². The summed E-state index contributed by atoms with van der Waals surface area (Å²) in [5, 5.41) is 0. The van der Waals surface area contributed by atoms with Crippen LogP contribution in [0.3, 0.4) is 0 Å². The van der Waals surface area contributed by atoms with E-state index in [4.69, 9.17) is 9.15 Å². The van der Waals surface area contributed by atoms with Gasteiger partial charge in [-0.2, -0.15) is 0 Å². The fourth-order valence-electron chi connectivity index (χ4n) is 5.08. The maximum Gasteiger partial charge on any atom is 0.227 e. The fraction of sp³-hybridized carbons (Fsp3) is 0.312. The molecule has 5 rings (SSSR count). The number of hydrogen-bond acceptors (Lipinski definition) is 4. The van der Waals surface area contributed by atoms with E-state index in [1.54, 1.807) is 0 Å². The predicted molar refractivity (Wildman–Crippen MR) is 145 cm³/mol. The molecule has 1 fully saturated rings. The number of aryl methyl sites for hydroxylation is 1. The zero-order valence-electron chi connectivity index (χ0n) is 21.6. The molecule has 37 heavy (non-hydrogen) atoms. The van der Waals surface area contributed by atoms with E-state index in [2.05, 4.69) is 30.1 Å². The number of amides is 1. The number of oxazole rings is 1. The largest absolute Gasteiger partial charge is 0.493 e. The number of aromatic nitrogens is 1. The molecule has 2 atom stereocenters. The minimum atomic E-state index is 0.219. The van der Waals surface area contributed by atoms with Gasteiger partial charge in [0.25, 0.3) is 0 Å². The molecule has 0 saturated carbocycles. The molecule has 1 aliphatic rings. The highest BCUT2D eigenvalue weighted by molar-refractivity contribution is 5.79. The summed E-state index contributed by atoms with van der Waals surface area (Å²) in [6.45, 7) is 6.38. The van der Waals surface area contributed by atoms with Crippen molar-refractivity contribution in [2.45, 2.75) is 33.1 Å². The molecule has 5 nitrogen and oxygen atoms in total. The van der Waals surface area contributed by atoms with Crippen molar-refractivity contribution in [1.29, 1.82) is 0 Å². The fourth-order valence-corrected chi connectivity index (χ4v) is 5.08. The van der Waals surface area contributed by atoms with Crippen LogP contribution in [0, 0.1) is 18.8 Å². The Balaban J connectivity index is 1.14. The Kier molecular flexibility index (Phi) is 7.69. The highest BCUT2D eigenvalue weighted by Gasteiger charge is 2.32. The van der Waals surface area contributed by atoms with Crippen LogP contribution in [-0.4, -0.2) is 35.5 Å². The van der Waals surface area contributed by atoms with Gasteiger partial charge in [0.15, 0.2) is 0 Å². The molecule has 1 saturated heterocycles. The predicted octanol–water partition coefficient (Wildman–Crippen LogP) is 6.15. The summed E-state index contributed by atoms with van der Waals surface area (Å²) in [6.07, 6.45) is 2.10. The van der Waals surface area contributed by atoms with Gasteiger partial charge in [-0.25, -0.2) is 4.98 Å². The Labute approximate surface area is 219 Å². The van der Waals surface area contributed by atoms with E-state index in [0.717, 1.165) is 47.8 Å². The van der Waals surface area contributed by atoms with Crippen molar-refractivity contribution in [2.24, 2.45) is 11.8 Å². The Morgan fingerprint density at radius 2 is 1.70 bits per heavy atom. The second-order valence-corrected chi connectivity index (χ2v) is 10.0. The molecule has 0 N–H and O–H groups in total. The molecule has 5 heteroatoms. The third-order valence-electron chi connectivity index (χ3n) is 7.24. The van der Waals surface area contributed by atoms with Crippen molar-refractivity contribution in [3.05, 3.63) is 108 Å². The maximum absolute atomic E-state index is 12.8. The summed E-state index contributed by atoms with van der Waals surface area (Å²) in [5.74, 6) is 3.48. The van der Waals surface area contributed by atoms with Crippen molar-refractivity contribution in [2.75, 3.05) is 19.7 Å². The first kappa shape index (κ1) is 24.8. The number of hydrogen-bond donors (Lipinski definition) is 0. The minimum Gasteiger partial charge on any atom is -0.493 e. The van der Waals surface area contributed by atoms with Gasteiger partial charge < -0.3 is 14.1 Å². The topological polar surface area (TPSA) is 55.6 Å². The number of benzene rings is 3. The first-order valence-electron chi connectivity index (χ1n) is 13.1. The Bertz CT molecular complexity index is 1320. The lowest BCUT2D eigenvalue weighted by atomic mass is 9.91. The zero-order chi connectivity index (χ0) is 25.6. The second kappa shape index (κ2) is 11.5. The summed E-state index contributed by atoms with van der Waals surface area (Å²) in [6, 6.07) is 28.3. The van der Waals surface area contributed by atoms with E-state index >= 15 is 0 Å². The quantitative estimate of drug-likeness (QED) is 0.280. The molecule has 3 aromatic carbocycles. The number of nitrogens with zero attached hydrogens (tertiary/aromatic N) is 2. The SMILES string of the molecule is Cc1oc(-c2ccccc2)nc1CCOc1cccc(C[C@@H]2CN(C(=O)Cc3ccccc3)C[C@@H]2C)c1. The van der Waals surface area contributed by atoms with Crippen LogP contribution in [-0.2, 0) is 24.1 Å². The second-order valence-electron chi connectivity index (χ2n) is 10.0. The highest BCUT2D eigenvalue weighted by atomic mass is 16.5. The van der Waals surface area contributed by atoms with Crippen LogP contribution in [0.25, 0.3) is 11.5 Å². The number of carbonyl (C=O) groups is 1. The van der Waals surface area contributed by atoms with Crippen LogP contribution < -0.4 is 4.74 Å². The molecule has 2 heterocycles. The Hall–Kier alpha value is -3.86. The first-order chi connectivity index (χ1) is 18.0. The third-order valence-corrected chi connectivity index (χ3v) is 7.24. The summed E-state index contributed by atoms with van der Waals surface area (Å²) < 4.78 is 12.0. The van der Waals surface area contributed by atoms with Gasteiger partial charge in [0.1, 0.15) is 11.5 Å². The summed E-state index contributed by atoms with van der Waals surface area (Å²) >= 11 is 0. The van der Waals surface area contributed by atoms with E-state index in [1.165, 1.54) is 5.56 Å². The lowest BCUT2D eigenvalue weighted by molar-refractivity contribution is -0.129. The molecule has 0 spiro atoms. The first-order valence-corrected chi connectivity index (χ1v) is 13.1. The van der Waals surface area contributed by atoms with Crippen LogP contribution in [0.2, 0.25) is 0 Å². The van der Waals surface area contributed by atoms with Crippen molar-refractivity contribution < 1.29 is 13.9 Å². The summed E-state index contributed by atoms with van der Waals surface area (Å²) in [4.78, 5) is 19.6. The zero-order valence-corrected chi connectivity index (χ0v) is 21.6. The number of ether oxygens (including phenoxy) is 1. The maximum atomic E-state index is 12.8. The molecule has 190 valence electrons. The number of carbonyl (C=O) groups excluding carboxylic acids is 1. The molecule has 1 aromatic heterocycles. The van der Waals surface area contributed by atoms with Crippen molar-refractivity contribution >= 4 is 5.91 Å². The van der Waals surface area contributed by atoms with Crippen LogP contribution in [0.5, 0.6) is 5.75 Å². The standard InChI is InChI=1S/C32H34N2O3/c1-23-21-34(31(35)20-25-10-5-3-6-11-25)22-28(23)18-26-12-9-15-29(19-26)36-17-16-30-24(2)37-32(33-30)27-13-7-4-8-14-27/h3-15,19,23,28H,16-18,20-22H2,1-2H3/t23-,28+/m0/s1. The van der Waals surface area contributed by atoms with Gasteiger partial charge >= 0.3 is 0 Å². The lowest BCUT2D eigenvalue weighted by Crippen LogP contribution is -2.30. The van der Waals surface area contributed by atoms with Crippen molar-refractivity contribution in [3.8, 4) is 17.2 Å². The van der Waals surface area contributed by atoms with Crippen molar-refractivity contribution in [1.82, 2.24) is 9.88 Å². The van der Waals surface area contributed by atoms with Crippen LogP contribution in [0.4, 0.5) is 0 Å². The van der Waals surface area contributed by atoms with Gasteiger partial charge in [-0.1, -0.05) is 67.6 Å². The summed E-state index contributed by atoms with van der Waals surface area (Å²) in [5.41, 5.74) is 4.23. The molecule has 0 bridgehead atoms. The molecule has 0 radical (unpaired) electrons. The van der Waals surface area contributed by atoms with E-state index in [0.29, 0.717) is 37.2 Å². The Morgan fingerprint density at radius 3 is 2.49 bits per heavy atom. The summed E-state index contributed by atoms with van der Waals surface area (Å²) in [7, 11) is 0. The van der Waals surface area contributed by atoms with E-state index in [9.17, 15) is 4.79 Å². The monoisotopic (exact) mass is 494 g/mol. The third kappa shape index (κ3) is 6.29. The van der Waals surface area contributed by atoms with Gasteiger partial charge in [-0.05, 0) is 60.6 Å². The average molecular weight is 495 g/mol. The van der Waals surface area contributed by atoms with Crippen molar-refractivity contribution in [3.63, 3.8) is 0 Å². The molecule has 0 unspecified atom stereocenters. The average Bonchev–Trinajstić information content (AvgIpc) is 3.47. The highest BCUT2D eigenvalue weighted by Crippen LogP contribution is 2.28. The molecular weight excluding hydrogens is 460 g/mol. The molecule has 4 aromatic rings. The lowest BCUT2D eigenvalue weighted by Gasteiger charge is -2.17. The number of likely N-dealkylation sites (tertiary alicyclic amines) is 1. The van der Waals surface area contributed by atoms with E-state index < -0.39 is 0 Å². The Morgan fingerprint density at radius 1 is 0.973 bits per heavy atom.